The summed E-state index contributed by atoms with van der Waals surface area (Å²) in [6, 6.07) is 3.75. The molecule has 0 saturated carbocycles. The molecule has 1 heterocycles. The van der Waals surface area contributed by atoms with Crippen molar-refractivity contribution in [3.05, 3.63) is 23.9 Å². The second-order valence-corrected chi connectivity index (χ2v) is 3.65. The molecule has 4 heteroatoms. The van der Waals surface area contributed by atoms with Crippen molar-refractivity contribution in [2.45, 2.75) is 6.61 Å². The van der Waals surface area contributed by atoms with Crippen molar-refractivity contribution < 1.29 is 14.6 Å². The monoisotopic (exact) mass is 221 g/mol. The molecule has 0 unspecified atom stereocenters. The maximum Gasteiger partial charge on any atom is 0.132 e. The second kappa shape index (κ2) is 4.06. The van der Waals surface area contributed by atoms with Gasteiger partial charge in [-0.2, -0.15) is 0 Å². The van der Waals surface area contributed by atoms with Crippen molar-refractivity contribution in [3.8, 4) is 11.5 Å². The van der Waals surface area contributed by atoms with Gasteiger partial charge in [0.2, 0.25) is 0 Å². The fourth-order valence-corrected chi connectivity index (χ4v) is 1.94. The van der Waals surface area contributed by atoms with Gasteiger partial charge in [-0.05, 0) is 0 Å². The van der Waals surface area contributed by atoms with E-state index in [2.05, 4.69) is 0 Å². The van der Waals surface area contributed by atoms with E-state index in [1.165, 1.54) is 0 Å². The lowest BCUT2D eigenvalue weighted by atomic mass is 10.1. The Morgan fingerprint density at radius 2 is 2.00 bits per heavy atom. The molecule has 16 heavy (non-hydrogen) atoms. The van der Waals surface area contributed by atoms with Crippen LogP contribution in [-0.2, 0) is 13.7 Å². The number of aromatic nitrogens is 1. The van der Waals surface area contributed by atoms with E-state index < -0.39 is 0 Å². The lowest BCUT2D eigenvalue weighted by molar-refractivity contribution is 0.282. The maximum atomic E-state index is 9.30. The Labute approximate surface area is 94.0 Å². The number of hydrogen-bond donors (Lipinski definition) is 1. The number of benzene rings is 1. The van der Waals surface area contributed by atoms with Gasteiger partial charge < -0.3 is 19.1 Å². The van der Waals surface area contributed by atoms with Crippen LogP contribution in [0.25, 0.3) is 10.9 Å². The number of rotatable bonds is 3. The van der Waals surface area contributed by atoms with E-state index in [1.54, 1.807) is 14.2 Å². The molecule has 0 aliphatic heterocycles. The SMILES string of the molecule is COc1cc(OC)c2c(CO)cn(C)c2c1. The van der Waals surface area contributed by atoms with E-state index in [1.807, 2.05) is 29.9 Å². The summed E-state index contributed by atoms with van der Waals surface area (Å²) in [6.45, 7) is 0.0000286. The zero-order valence-electron chi connectivity index (χ0n) is 9.65. The van der Waals surface area contributed by atoms with Gasteiger partial charge in [0.25, 0.3) is 0 Å². The van der Waals surface area contributed by atoms with Crippen LogP contribution < -0.4 is 9.47 Å². The van der Waals surface area contributed by atoms with Gasteiger partial charge in [-0.3, -0.25) is 0 Å². The van der Waals surface area contributed by atoms with Crippen LogP contribution in [0.4, 0.5) is 0 Å². The molecular weight excluding hydrogens is 206 g/mol. The Kier molecular flexibility index (Phi) is 2.75. The summed E-state index contributed by atoms with van der Waals surface area (Å²) in [4.78, 5) is 0. The molecule has 0 spiro atoms. The number of hydrogen-bond acceptors (Lipinski definition) is 3. The van der Waals surface area contributed by atoms with Gasteiger partial charge in [0.05, 0.1) is 26.3 Å². The molecule has 2 aromatic rings. The third-order valence-corrected chi connectivity index (χ3v) is 2.73. The minimum atomic E-state index is 0.0000286. The predicted octanol–water partition coefficient (Wildman–Crippen LogP) is 1.69. The van der Waals surface area contributed by atoms with Crippen LogP contribution in [0.2, 0.25) is 0 Å². The van der Waals surface area contributed by atoms with Crippen LogP contribution in [0.5, 0.6) is 11.5 Å². The molecule has 0 aliphatic rings. The summed E-state index contributed by atoms with van der Waals surface area (Å²) in [5, 5.41) is 10.2. The van der Waals surface area contributed by atoms with Crippen molar-refractivity contribution >= 4 is 10.9 Å². The molecule has 0 radical (unpaired) electrons. The summed E-state index contributed by atoms with van der Waals surface area (Å²) in [6.07, 6.45) is 1.90. The molecule has 2 rings (SSSR count). The predicted molar refractivity (Wildman–Crippen MR) is 61.9 cm³/mol. The number of aliphatic hydroxyl groups excluding tert-OH is 1. The van der Waals surface area contributed by atoms with Gasteiger partial charge in [-0.1, -0.05) is 0 Å². The molecule has 86 valence electrons. The number of methoxy groups -OCH3 is 2. The third kappa shape index (κ3) is 1.51. The van der Waals surface area contributed by atoms with Crippen molar-refractivity contribution in [1.82, 2.24) is 4.57 Å². The van der Waals surface area contributed by atoms with Crippen LogP contribution in [0.15, 0.2) is 18.3 Å². The number of fused-ring (bicyclic) bond motifs is 1. The Balaban J connectivity index is 2.80. The molecule has 0 fully saturated rings. The van der Waals surface area contributed by atoms with Gasteiger partial charge in [-0.15, -0.1) is 0 Å². The Morgan fingerprint density at radius 3 is 2.56 bits per heavy atom. The summed E-state index contributed by atoms with van der Waals surface area (Å²) >= 11 is 0. The summed E-state index contributed by atoms with van der Waals surface area (Å²) in [5.41, 5.74) is 1.84. The van der Waals surface area contributed by atoms with E-state index in [9.17, 15) is 5.11 Å². The molecule has 1 aromatic carbocycles. The molecule has 1 N–H and O–H groups in total. The number of aliphatic hydroxyl groups is 1. The second-order valence-electron chi connectivity index (χ2n) is 3.65. The Morgan fingerprint density at radius 1 is 1.25 bits per heavy atom. The molecule has 0 aliphatic carbocycles. The van der Waals surface area contributed by atoms with Crippen LogP contribution >= 0.6 is 0 Å². The van der Waals surface area contributed by atoms with Gasteiger partial charge in [-0.25, -0.2) is 0 Å². The first-order chi connectivity index (χ1) is 7.71. The van der Waals surface area contributed by atoms with Crippen molar-refractivity contribution in [1.29, 1.82) is 0 Å². The maximum absolute atomic E-state index is 9.30. The highest BCUT2D eigenvalue weighted by atomic mass is 16.5. The highest BCUT2D eigenvalue weighted by Crippen LogP contribution is 2.34. The third-order valence-electron chi connectivity index (χ3n) is 2.73. The molecule has 0 amide bonds. The van der Waals surface area contributed by atoms with Crippen molar-refractivity contribution in [2.75, 3.05) is 14.2 Å². The molecule has 0 saturated heterocycles. The Hall–Kier alpha value is -1.68. The lowest BCUT2D eigenvalue weighted by Gasteiger charge is -2.07. The van der Waals surface area contributed by atoms with Crippen LogP contribution in [0, 0.1) is 0 Å². The minimum Gasteiger partial charge on any atom is -0.497 e. The molecule has 4 nitrogen and oxygen atoms in total. The first-order valence-electron chi connectivity index (χ1n) is 5.02. The van der Waals surface area contributed by atoms with E-state index in [0.29, 0.717) is 0 Å². The zero-order valence-corrected chi connectivity index (χ0v) is 9.65. The summed E-state index contributed by atoms with van der Waals surface area (Å²) < 4.78 is 12.5. The van der Waals surface area contributed by atoms with Gasteiger partial charge in [0.1, 0.15) is 11.5 Å². The van der Waals surface area contributed by atoms with Crippen molar-refractivity contribution in [2.24, 2.45) is 7.05 Å². The molecule has 1 aromatic heterocycles. The number of ether oxygens (including phenoxy) is 2. The quantitative estimate of drug-likeness (QED) is 0.857. The van der Waals surface area contributed by atoms with Gasteiger partial charge in [0.15, 0.2) is 0 Å². The lowest BCUT2D eigenvalue weighted by Crippen LogP contribution is -1.90. The van der Waals surface area contributed by atoms with Gasteiger partial charge >= 0.3 is 0 Å². The highest BCUT2D eigenvalue weighted by Gasteiger charge is 2.13. The fourth-order valence-electron chi connectivity index (χ4n) is 1.94. The first-order valence-corrected chi connectivity index (χ1v) is 5.02. The van der Waals surface area contributed by atoms with Crippen molar-refractivity contribution in [3.63, 3.8) is 0 Å². The minimum absolute atomic E-state index is 0.0000286. The molecule has 0 atom stereocenters. The zero-order chi connectivity index (χ0) is 11.7. The van der Waals surface area contributed by atoms with Crippen LogP contribution in [0.3, 0.4) is 0 Å². The van der Waals surface area contributed by atoms with E-state index >= 15 is 0 Å². The van der Waals surface area contributed by atoms with E-state index in [0.717, 1.165) is 28.0 Å². The standard InChI is InChI=1S/C12H15NO3/c1-13-6-8(7-14)12-10(13)4-9(15-2)5-11(12)16-3/h4-6,14H,7H2,1-3H3. The highest BCUT2D eigenvalue weighted by molar-refractivity contribution is 5.91. The summed E-state index contributed by atoms with van der Waals surface area (Å²) in [5.74, 6) is 1.47. The molecular formula is C12H15NO3. The van der Waals surface area contributed by atoms with Crippen LogP contribution in [0.1, 0.15) is 5.56 Å². The number of aryl methyl sites for hydroxylation is 1. The number of nitrogens with zero attached hydrogens (tertiary/aromatic N) is 1. The normalized spacial score (nSPS) is 10.8. The van der Waals surface area contributed by atoms with E-state index in [-0.39, 0.29) is 6.61 Å². The van der Waals surface area contributed by atoms with E-state index in [4.69, 9.17) is 9.47 Å². The largest absolute Gasteiger partial charge is 0.497 e. The average Bonchev–Trinajstić information content (AvgIpc) is 2.65. The molecule has 0 bridgehead atoms. The van der Waals surface area contributed by atoms with Gasteiger partial charge in [0, 0.05) is 36.3 Å². The van der Waals surface area contributed by atoms with Crippen LogP contribution in [-0.4, -0.2) is 23.9 Å². The fraction of sp³-hybridized carbons (Fsp3) is 0.333. The first kappa shape index (κ1) is 10.8. The Bertz CT molecular complexity index is 516. The summed E-state index contributed by atoms with van der Waals surface area (Å²) in [7, 11) is 5.17. The topological polar surface area (TPSA) is 43.6 Å². The smallest absolute Gasteiger partial charge is 0.132 e. The average molecular weight is 221 g/mol.